The number of carbonyl (C=O) groups is 4. The Morgan fingerprint density at radius 1 is 1.13 bits per heavy atom. The molecule has 30 heavy (non-hydrogen) atoms. The van der Waals surface area contributed by atoms with Crippen molar-refractivity contribution in [2.24, 2.45) is 0 Å². The Kier molecular flexibility index (Phi) is 8.01. The molecule has 0 spiro atoms. The number of benzene rings is 1. The summed E-state index contributed by atoms with van der Waals surface area (Å²) in [6.07, 6.45) is 2.63. The second kappa shape index (κ2) is 10.7. The molecule has 0 fully saturated rings. The molecule has 0 aliphatic rings. The van der Waals surface area contributed by atoms with E-state index in [0.29, 0.717) is 0 Å². The van der Waals surface area contributed by atoms with Crippen LogP contribution < -0.4 is 16.0 Å². The number of nitrogens with one attached hydrogen (secondary N) is 4. The van der Waals surface area contributed by atoms with Crippen molar-refractivity contribution in [1.29, 1.82) is 0 Å². The fourth-order valence-corrected chi connectivity index (χ4v) is 3.11. The molecular weight excluding hydrogens is 388 g/mol. The van der Waals surface area contributed by atoms with Crippen molar-refractivity contribution < 1.29 is 24.0 Å². The quantitative estimate of drug-likeness (QED) is 0.248. The number of hydrogen-bond acceptors (Lipinski definition) is 4. The highest BCUT2D eigenvalue weighted by molar-refractivity contribution is 6.25. The van der Waals surface area contributed by atoms with Crippen molar-refractivity contribution in [3.05, 3.63) is 41.6 Å². The summed E-state index contributed by atoms with van der Waals surface area (Å²) in [5, 5.41) is 8.57. The van der Waals surface area contributed by atoms with E-state index in [1.807, 2.05) is 24.3 Å². The first-order valence-electron chi connectivity index (χ1n) is 9.40. The third kappa shape index (κ3) is 6.11. The Morgan fingerprint density at radius 3 is 2.53 bits per heavy atom. The van der Waals surface area contributed by atoms with E-state index in [1.54, 1.807) is 6.20 Å². The maximum atomic E-state index is 12.9. The van der Waals surface area contributed by atoms with Gasteiger partial charge in [-0.2, -0.15) is 4.79 Å². The van der Waals surface area contributed by atoms with E-state index in [1.165, 1.54) is 14.0 Å². The number of nitrogens with zero attached hydrogens (tertiary/aromatic N) is 2. The molecule has 0 aliphatic heterocycles. The van der Waals surface area contributed by atoms with E-state index >= 15 is 0 Å². The lowest BCUT2D eigenvalue weighted by atomic mass is 10.0. The van der Waals surface area contributed by atoms with Gasteiger partial charge in [0.05, 0.1) is 0 Å². The van der Waals surface area contributed by atoms with E-state index in [2.05, 4.69) is 25.7 Å². The fraction of sp³-hybridized carbons (Fsp3) is 0.350. The molecule has 2 rings (SSSR count). The number of para-hydroxylation sites is 1. The molecule has 10 nitrogen and oxygen atoms in total. The van der Waals surface area contributed by atoms with Crippen LogP contribution in [0.4, 0.5) is 0 Å². The van der Waals surface area contributed by atoms with Crippen molar-refractivity contribution in [1.82, 2.24) is 20.9 Å². The van der Waals surface area contributed by atoms with Crippen LogP contribution in [0, 0.1) is 0 Å². The number of Topliss-reactive ketones (excluding diaryl/α,β-unsaturated/α-hetero) is 1. The van der Waals surface area contributed by atoms with Gasteiger partial charge in [-0.15, -0.1) is 0 Å². The Hall–Kier alpha value is -3.78. The molecule has 0 aliphatic carbocycles. The van der Waals surface area contributed by atoms with Crippen LogP contribution in [-0.2, 0) is 25.6 Å². The van der Waals surface area contributed by atoms with E-state index in [9.17, 15) is 19.2 Å². The van der Waals surface area contributed by atoms with Crippen LogP contribution >= 0.6 is 0 Å². The number of rotatable bonds is 10. The molecule has 0 unspecified atom stereocenters. The average Bonchev–Trinajstić information content (AvgIpc) is 3.12. The van der Waals surface area contributed by atoms with Crippen LogP contribution in [0.25, 0.3) is 16.4 Å². The molecular formula is C20H24N6O4. The molecule has 158 valence electrons. The van der Waals surface area contributed by atoms with Crippen LogP contribution in [0.5, 0.6) is 0 Å². The van der Waals surface area contributed by atoms with E-state index in [-0.39, 0.29) is 25.2 Å². The standard InChI is InChI=1S/C20H24N6O4/c1-12(27)25-18(9-13-10-23-16-6-4-3-5-15(13)16)20(30)26-17(19(29)22-2)8-7-14(28)11-24-21/h3-6,10-11,17-18,23H,7-9H2,1-2H3,(H,22,29)(H,25,27)(H,26,30)/t17-,18-/m0/s1. The normalized spacial score (nSPS) is 12.3. The number of fused-ring (bicyclic) bond motifs is 1. The van der Waals surface area contributed by atoms with Crippen molar-refractivity contribution in [2.75, 3.05) is 7.05 Å². The topological polar surface area (TPSA) is 157 Å². The minimum absolute atomic E-state index is 0.0101. The molecule has 10 heteroatoms. The minimum Gasteiger partial charge on any atom is -0.361 e. The Bertz CT molecular complexity index is 992. The molecule has 0 saturated heterocycles. The number of hydrogen-bond donors (Lipinski definition) is 4. The van der Waals surface area contributed by atoms with Gasteiger partial charge >= 0.3 is 6.21 Å². The highest BCUT2D eigenvalue weighted by Crippen LogP contribution is 2.19. The third-order valence-electron chi connectivity index (χ3n) is 4.55. The van der Waals surface area contributed by atoms with E-state index in [4.69, 9.17) is 5.53 Å². The number of amides is 3. The summed E-state index contributed by atoms with van der Waals surface area (Å²) in [7, 11) is 1.41. The number of aromatic nitrogens is 1. The summed E-state index contributed by atoms with van der Waals surface area (Å²) in [6, 6.07) is 5.67. The molecule has 1 heterocycles. The lowest BCUT2D eigenvalue weighted by Crippen LogP contribution is -2.53. The van der Waals surface area contributed by atoms with Gasteiger partial charge in [-0.3, -0.25) is 19.2 Å². The van der Waals surface area contributed by atoms with Gasteiger partial charge in [0.25, 0.3) is 0 Å². The Balaban J connectivity index is 2.17. The minimum atomic E-state index is -0.988. The summed E-state index contributed by atoms with van der Waals surface area (Å²) >= 11 is 0. The predicted molar refractivity (Wildman–Crippen MR) is 110 cm³/mol. The molecule has 4 N–H and O–H groups in total. The Labute approximate surface area is 173 Å². The first kappa shape index (κ1) is 22.5. The first-order valence-corrected chi connectivity index (χ1v) is 9.40. The van der Waals surface area contributed by atoms with Gasteiger partial charge in [-0.05, 0) is 18.1 Å². The molecule has 0 radical (unpaired) electrons. The number of H-pyrrole nitrogens is 1. The smallest absolute Gasteiger partial charge is 0.323 e. The Morgan fingerprint density at radius 2 is 1.87 bits per heavy atom. The highest BCUT2D eigenvalue weighted by Gasteiger charge is 2.27. The van der Waals surface area contributed by atoms with Gasteiger partial charge in [-0.1, -0.05) is 18.2 Å². The highest BCUT2D eigenvalue weighted by atomic mass is 16.2. The van der Waals surface area contributed by atoms with E-state index in [0.717, 1.165) is 22.7 Å². The summed E-state index contributed by atoms with van der Waals surface area (Å²) in [5.41, 5.74) is 10.2. The largest absolute Gasteiger partial charge is 0.361 e. The average molecular weight is 412 g/mol. The van der Waals surface area contributed by atoms with Gasteiger partial charge in [0.2, 0.25) is 23.5 Å². The second-order valence-corrected chi connectivity index (χ2v) is 6.74. The van der Waals surface area contributed by atoms with Gasteiger partial charge in [0.15, 0.2) is 0 Å². The lowest BCUT2D eigenvalue weighted by molar-refractivity contribution is -0.131. The third-order valence-corrected chi connectivity index (χ3v) is 4.55. The van der Waals surface area contributed by atoms with Crippen LogP contribution in [0.15, 0.2) is 30.5 Å². The van der Waals surface area contributed by atoms with Gasteiger partial charge in [0, 0.05) is 43.9 Å². The second-order valence-electron chi connectivity index (χ2n) is 6.74. The molecule has 1 aromatic heterocycles. The van der Waals surface area contributed by atoms with Crippen molar-refractivity contribution >= 4 is 40.6 Å². The summed E-state index contributed by atoms with van der Waals surface area (Å²) < 4.78 is 0. The SMILES string of the molecule is CNC(=O)[C@H](CCC(=O)C=[N+]=[N-])NC(=O)[C@H](Cc1c[nH]c2ccccc12)NC(C)=O. The molecule has 1 aromatic carbocycles. The molecule has 2 atom stereocenters. The van der Waals surface area contributed by atoms with Gasteiger partial charge in [0.1, 0.15) is 12.1 Å². The first-order chi connectivity index (χ1) is 14.3. The molecule has 3 amide bonds. The summed E-state index contributed by atoms with van der Waals surface area (Å²) in [5.74, 6) is -1.91. The number of ketones is 1. The zero-order valence-electron chi connectivity index (χ0n) is 16.8. The van der Waals surface area contributed by atoms with Crippen LogP contribution in [0.2, 0.25) is 0 Å². The number of carbonyl (C=O) groups excluding carboxylic acids is 4. The lowest BCUT2D eigenvalue weighted by Gasteiger charge is -2.22. The van der Waals surface area contributed by atoms with Crippen molar-refractivity contribution in [3.8, 4) is 0 Å². The van der Waals surface area contributed by atoms with Crippen molar-refractivity contribution in [3.63, 3.8) is 0 Å². The van der Waals surface area contributed by atoms with E-state index < -0.39 is 29.7 Å². The summed E-state index contributed by atoms with van der Waals surface area (Å²) in [4.78, 5) is 54.0. The van der Waals surface area contributed by atoms with Crippen LogP contribution in [-0.4, -0.2) is 58.6 Å². The predicted octanol–water partition coefficient (Wildman–Crippen LogP) is 0.0958. The number of aromatic amines is 1. The summed E-state index contributed by atoms with van der Waals surface area (Å²) in [6.45, 7) is 1.30. The number of likely N-dealkylation sites (N-methyl/N-ethyl adjacent to an activating group) is 1. The maximum absolute atomic E-state index is 12.9. The molecule has 2 aromatic rings. The zero-order chi connectivity index (χ0) is 22.1. The maximum Gasteiger partial charge on any atom is 0.323 e. The van der Waals surface area contributed by atoms with Crippen LogP contribution in [0.1, 0.15) is 25.3 Å². The molecule has 0 bridgehead atoms. The van der Waals surface area contributed by atoms with Gasteiger partial charge in [-0.25, -0.2) is 0 Å². The fourth-order valence-electron chi connectivity index (χ4n) is 3.11. The monoisotopic (exact) mass is 412 g/mol. The van der Waals surface area contributed by atoms with Crippen molar-refractivity contribution in [2.45, 2.75) is 38.3 Å². The van der Waals surface area contributed by atoms with Gasteiger partial charge < -0.3 is 26.5 Å². The molecule has 0 saturated carbocycles. The zero-order valence-corrected chi connectivity index (χ0v) is 16.8. The van der Waals surface area contributed by atoms with Crippen LogP contribution in [0.3, 0.4) is 0 Å².